The molecule has 0 radical (unpaired) electrons. The highest BCUT2D eigenvalue weighted by Gasteiger charge is 2.43. The van der Waals surface area contributed by atoms with Crippen molar-refractivity contribution in [3.63, 3.8) is 0 Å². The Balaban J connectivity index is 1.54. The molecule has 3 heterocycles. The summed E-state index contributed by atoms with van der Waals surface area (Å²) in [4.78, 5) is 17.9. The zero-order valence-electron chi connectivity index (χ0n) is 14.8. The van der Waals surface area contributed by atoms with Crippen LogP contribution in [0, 0.1) is 5.92 Å². The molecule has 7 heteroatoms. The lowest BCUT2D eigenvalue weighted by molar-refractivity contribution is -0.0648. The van der Waals surface area contributed by atoms with Crippen LogP contribution in [0.3, 0.4) is 0 Å². The van der Waals surface area contributed by atoms with Gasteiger partial charge in [-0.05, 0) is 12.5 Å². The first-order chi connectivity index (χ1) is 12.1. The summed E-state index contributed by atoms with van der Waals surface area (Å²) in [6, 6.07) is -0.403. The Labute approximate surface area is 148 Å². The van der Waals surface area contributed by atoms with E-state index in [1.807, 2.05) is 6.08 Å². The molecule has 1 fully saturated rings. The van der Waals surface area contributed by atoms with Crippen molar-refractivity contribution in [3.8, 4) is 0 Å². The van der Waals surface area contributed by atoms with Crippen molar-refractivity contribution in [1.82, 2.24) is 4.90 Å². The second kappa shape index (κ2) is 8.29. The van der Waals surface area contributed by atoms with Gasteiger partial charge in [-0.15, -0.1) is 0 Å². The predicted molar refractivity (Wildman–Crippen MR) is 91.9 cm³/mol. The van der Waals surface area contributed by atoms with Crippen LogP contribution in [-0.2, 0) is 9.47 Å². The quantitative estimate of drug-likeness (QED) is 0.653. The van der Waals surface area contributed by atoms with E-state index >= 15 is 0 Å². The average Bonchev–Trinajstić information content (AvgIpc) is 3.16. The number of aliphatic hydroxyl groups is 2. The van der Waals surface area contributed by atoms with Crippen molar-refractivity contribution in [3.05, 3.63) is 11.8 Å². The van der Waals surface area contributed by atoms with Crippen molar-refractivity contribution >= 4 is 11.9 Å². The predicted octanol–water partition coefficient (Wildman–Crippen LogP) is 2.18. The summed E-state index contributed by atoms with van der Waals surface area (Å²) in [5, 5.41) is 19.1. The molecule has 0 aromatic carbocycles. The van der Waals surface area contributed by atoms with Crippen LogP contribution in [0.2, 0.25) is 0 Å². The first-order valence-corrected chi connectivity index (χ1v) is 9.34. The molecule has 0 aromatic rings. The normalized spacial score (nSPS) is 31.6. The first kappa shape index (κ1) is 18.4. The largest absolute Gasteiger partial charge is 0.447 e. The summed E-state index contributed by atoms with van der Waals surface area (Å²) in [6.45, 7) is 2.37. The Morgan fingerprint density at radius 3 is 2.84 bits per heavy atom. The summed E-state index contributed by atoms with van der Waals surface area (Å²) < 4.78 is 11.3. The second-order valence-electron chi connectivity index (χ2n) is 7.01. The zero-order chi connectivity index (χ0) is 17.8. The Morgan fingerprint density at radius 1 is 1.32 bits per heavy atom. The number of ether oxygens (including phenoxy) is 2. The third-order valence-corrected chi connectivity index (χ3v) is 5.04. The number of rotatable bonds is 8. The molecule has 1 saturated heterocycles. The monoisotopic (exact) mass is 352 g/mol. The molecule has 3 aliphatic rings. The molecule has 3 rings (SSSR count). The first-order valence-electron chi connectivity index (χ1n) is 9.34. The Kier molecular flexibility index (Phi) is 6.09. The Morgan fingerprint density at radius 2 is 2.12 bits per heavy atom. The van der Waals surface area contributed by atoms with Crippen molar-refractivity contribution in [1.29, 1.82) is 0 Å². The van der Waals surface area contributed by atoms with E-state index in [0.717, 1.165) is 18.6 Å². The molecule has 0 bridgehead atoms. The van der Waals surface area contributed by atoms with Crippen molar-refractivity contribution in [2.45, 2.75) is 70.3 Å². The van der Waals surface area contributed by atoms with Crippen LogP contribution in [-0.4, -0.2) is 58.6 Å². The maximum absolute atomic E-state index is 12.3. The fraction of sp³-hybridized carbons (Fsp3) is 0.778. The van der Waals surface area contributed by atoms with E-state index in [4.69, 9.17) is 9.47 Å². The highest BCUT2D eigenvalue weighted by atomic mass is 16.5. The molecule has 2 N–H and O–H groups in total. The molecular weight excluding hydrogens is 324 g/mol. The number of hydrogen-bond acceptors (Lipinski definition) is 5. The Bertz CT molecular complexity index is 548. The van der Waals surface area contributed by atoms with Gasteiger partial charge in [0.05, 0.1) is 18.6 Å². The lowest BCUT2D eigenvalue weighted by Crippen LogP contribution is -2.46. The maximum atomic E-state index is 12.3. The Hall–Kier alpha value is -1.44. The standard InChI is InChI=1S/C18H28N2O5/c1-2-3-4-5-6-7-13-8-12-10-20(18(23)19-17(12)24-13)16-9-14(22)15(11-21)25-16/h8,12,14-16,21-22H,2-7,9-11H2,1H3/t12?,14-,15+,16+/m0/s1. The molecule has 0 aromatic heterocycles. The number of amides is 2. The minimum absolute atomic E-state index is 0.0442. The SMILES string of the molecule is CCCCCCCC1=CC2CN([C@H]3C[C@H](O)[C@@H](CO)O3)C(=O)N=C2O1. The van der Waals surface area contributed by atoms with Crippen LogP contribution in [0.25, 0.3) is 0 Å². The summed E-state index contributed by atoms with van der Waals surface area (Å²) >= 11 is 0. The average molecular weight is 352 g/mol. The maximum Gasteiger partial charge on any atom is 0.348 e. The van der Waals surface area contributed by atoms with Gasteiger partial charge < -0.3 is 19.7 Å². The number of hydrogen-bond donors (Lipinski definition) is 2. The van der Waals surface area contributed by atoms with Gasteiger partial charge in [0.1, 0.15) is 18.1 Å². The van der Waals surface area contributed by atoms with Gasteiger partial charge in [0.15, 0.2) is 0 Å². The lowest BCUT2D eigenvalue weighted by Gasteiger charge is -2.31. The van der Waals surface area contributed by atoms with Crippen LogP contribution in [0.4, 0.5) is 4.79 Å². The smallest absolute Gasteiger partial charge is 0.348 e. The molecule has 0 aliphatic carbocycles. The summed E-state index contributed by atoms with van der Waals surface area (Å²) in [7, 11) is 0. The highest BCUT2D eigenvalue weighted by Crippen LogP contribution is 2.31. The molecular formula is C18H28N2O5. The van der Waals surface area contributed by atoms with Gasteiger partial charge in [0.2, 0.25) is 5.90 Å². The van der Waals surface area contributed by atoms with Crippen molar-refractivity contribution in [2.75, 3.05) is 13.2 Å². The van der Waals surface area contributed by atoms with Crippen molar-refractivity contribution < 1.29 is 24.5 Å². The number of nitrogens with zero attached hydrogens (tertiary/aromatic N) is 2. The number of unbranched alkanes of at least 4 members (excludes halogenated alkanes) is 4. The summed E-state index contributed by atoms with van der Waals surface area (Å²) in [6.07, 6.45) is 7.28. The zero-order valence-corrected chi connectivity index (χ0v) is 14.8. The highest BCUT2D eigenvalue weighted by molar-refractivity contribution is 5.97. The van der Waals surface area contributed by atoms with Gasteiger partial charge in [0, 0.05) is 19.4 Å². The number of aliphatic imine (C=N–C) groups is 1. The number of fused-ring (bicyclic) bond motifs is 1. The lowest BCUT2D eigenvalue weighted by atomic mass is 10.1. The van der Waals surface area contributed by atoms with Gasteiger partial charge in [-0.1, -0.05) is 32.6 Å². The number of allylic oxidation sites excluding steroid dienone is 1. The van der Waals surface area contributed by atoms with Crippen LogP contribution in [0.15, 0.2) is 16.8 Å². The van der Waals surface area contributed by atoms with Gasteiger partial charge >= 0.3 is 6.03 Å². The molecule has 1 unspecified atom stereocenters. The van der Waals surface area contributed by atoms with Crippen molar-refractivity contribution in [2.24, 2.45) is 10.9 Å². The van der Waals surface area contributed by atoms with E-state index in [-0.39, 0.29) is 12.5 Å². The van der Waals surface area contributed by atoms with E-state index in [2.05, 4.69) is 11.9 Å². The number of aliphatic hydroxyl groups excluding tert-OH is 2. The van der Waals surface area contributed by atoms with E-state index in [1.54, 1.807) is 0 Å². The molecule has 3 aliphatic heterocycles. The minimum Gasteiger partial charge on any atom is -0.447 e. The topological polar surface area (TPSA) is 91.6 Å². The molecule has 25 heavy (non-hydrogen) atoms. The number of urea groups is 1. The minimum atomic E-state index is -0.762. The molecule has 0 saturated carbocycles. The third kappa shape index (κ3) is 4.22. The van der Waals surface area contributed by atoms with Gasteiger partial charge in [0.25, 0.3) is 0 Å². The fourth-order valence-corrected chi connectivity index (χ4v) is 3.57. The van der Waals surface area contributed by atoms with Crippen LogP contribution >= 0.6 is 0 Å². The van der Waals surface area contributed by atoms with Gasteiger partial charge in [-0.25, -0.2) is 4.79 Å². The fourth-order valence-electron chi connectivity index (χ4n) is 3.57. The molecule has 140 valence electrons. The number of carbonyl (C=O) groups is 1. The van der Waals surface area contributed by atoms with Gasteiger partial charge in [-0.3, -0.25) is 4.90 Å². The molecule has 4 atom stereocenters. The third-order valence-electron chi connectivity index (χ3n) is 5.04. The van der Waals surface area contributed by atoms with Gasteiger partial charge in [-0.2, -0.15) is 4.99 Å². The summed E-state index contributed by atoms with van der Waals surface area (Å²) in [5.41, 5.74) is 0. The van der Waals surface area contributed by atoms with Crippen LogP contribution < -0.4 is 0 Å². The molecule has 7 nitrogen and oxygen atoms in total. The van der Waals surface area contributed by atoms with E-state index in [9.17, 15) is 15.0 Å². The van der Waals surface area contributed by atoms with Crippen LogP contribution in [0.5, 0.6) is 0 Å². The summed E-state index contributed by atoms with van der Waals surface area (Å²) in [5.74, 6) is 1.33. The van der Waals surface area contributed by atoms with E-state index < -0.39 is 24.5 Å². The van der Waals surface area contributed by atoms with Crippen LogP contribution in [0.1, 0.15) is 51.9 Å². The molecule has 2 amide bonds. The molecule has 0 spiro atoms. The van der Waals surface area contributed by atoms with E-state index in [1.165, 1.54) is 30.6 Å². The van der Waals surface area contributed by atoms with E-state index in [0.29, 0.717) is 18.9 Å². The second-order valence-corrected chi connectivity index (χ2v) is 7.01. The number of carbonyl (C=O) groups excluding carboxylic acids is 1.